The second-order valence-corrected chi connectivity index (χ2v) is 3.70. The van der Waals surface area contributed by atoms with Crippen LogP contribution in [-0.2, 0) is 0 Å². The first kappa shape index (κ1) is 12.0. The highest BCUT2D eigenvalue weighted by molar-refractivity contribution is 6.09. The third-order valence-corrected chi connectivity index (χ3v) is 2.37. The van der Waals surface area contributed by atoms with Crippen molar-refractivity contribution in [2.24, 2.45) is 0 Å². The zero-order chi connectivity index (χ0) is 13.1. The molecule has 0 unspecified atom stereocenters. The predicted molar refractivity (Wildman–Crippen MR) is 66.6 cm³/mol. The minimum Gasteiger partial charge on any atom is -0.496 e. The fourth-order valence-corrected chi connectivity index (χ4v) is 1.57. The maximum absolute atomic E-state index is 12.1. The molecular weight excluding hydrogens is 234 g/mol. The molecule has 0 saturated heterocycles. The number of nitrogens with one attached hydrogen (secondary N) is 1. The Morgan fingerprint density at radius 3 is 2.89 bits per heavy atom. The SMILES string of the molecule is COc1cccc(N)c1C(=O)Nc1cc(C)on1. The van der Waals surface area contributed by atoms with E-state index in [0.717, 1.165) is 0 Å². The molecule has 2 rings (SSSR count). The number of nitrogens with zero attached hydrogens (tertiary/aromatic N) is 1. The van der Waals surface area contributed by atoms with Gasteiger partial charge in [0.2, 0.25) is 0 Å². The number of hydrogen-bond acceptors (Lipinski definition) is 5. The Labute approximate surface area is 104 Å². The zero-order valence-electron chi connectivity index (χ0n) is 10.1. The van der Waals surface area contributed by atoms with E-state index in [1.165, 1.54) is 7.11 Å². The number of rotatable bonds is 3. The summed E-state index contributed by atoms with van der Waals surface area (Å²) in [7, 11) is 1.48. The molecule has 0 atom stereocenters. The second kappa shape index (κ2) is 4.79. The van der Waals surface area contributed by atoms with Crippen LogP contribution < -0.4 is 15.8 Å². The van der Waals surface area contributed by atoms with Crippen molar-refractivity contribution < 1.29 is 14.1 Å². The molecule has 94 valence electrons. The van der Waals surface area contributed by atoms with Crippen molar-refractivity contribution in [3.05, 3.63) is 35.6 Å². The zero-order valence-corrected chi connectivity index (χ0v) is 10.1. The fourth-order valence-electron chi connectivity index (χ4n) is 1.57. The normalized spacial score (nSPS) is 10.1. The van der Waals surface area contributed by atoms with Crippen molar-refractivity contribution in [3.63, 3.8) is 0 Å². The number of nitrogen functional groups attached to an aromatic ring is 1. The maximum Gasteiger partial charge on any atom is 0.262 e. The minimum absolute atomic E-state index is 0.278. The van der Waals surface area contributed by atoms with Gasteiger partial charge < -0.3 is 20.3 Å². The van der Waals surface area contributed by atoms with Gasteiger partial charge >= 0.3 is 0 Å². The van der Waals surface area contributed by atoms with Crippen molar-refractivity contribution in [1.82, 2.24) is 5.16 Å². The van der Waals surface area contributed by atoms with Crippen LogP contribution in [0.1, 0.15) is 16.1 Å². The summed E-state index contributed by atoms with van der Waals surface area (Å²) in [6.07, 6.45) is 0. The number of methoxy groups -OCH3 is 1. The lowest BCUT2D eigenvalue weighted by atomic mass is 10.1. The van der Waals surface area contributed by atoms with Crippen LogP contribution in [0.25, 0.3) is 0 Å². The molecule has 0 saturated carbocycles. The van der Waals surface area contributed by atoms with Gasteiger partial charge in [-0.1, -0.05) is 11.2 Å². The summed E-state index contributed by atoms with van der Waals surface area (Å²) in [5.41, 5.74) is 6.39. The Bertz CT molecular complexity index is 578. The molecule has 0 aliphatic rings. The maximum atomic E-state index is 12.1. The Morgan fingerprint density at radius 1 is 1.50 bits per heavy atom. The summed E-state index contributed by atoms with van der Waals surface area (Å²) >= 11 is 0. The standard InChI is InChI=1S/C12H13N3O3/c1-7-6-10(15-18-7)14-12(16)11-8(13)4-3-5-9(11)17-2/h3-6H,13H2,1-2H3,(H,14,15,16). The summed E-state index contributed by atoms with van der Waals surface area (Å²) in [5, 5.41) is 6.27. The van der Waals surface area contributed by atoms with Gasteiger partial charge in [-0.3, -0.25) is 4.79 Å². The van der Waals surface area contributed by atoms with Crippen LogP contribution >= 0.6 is 0 Å². The van der Waals surface area contributed by atoms with Crippen LogP contribution in [0.2, 0.25) is 0 Å². The van der Waals surface area contributed by atoms with E-state index in [1.54, 1.807) is 31.2 Å². The lowest BCUT2D eigenvalue weighted by Gasteiger charge is -2.09. The minimum atomic E-state index is -0.391. The molecule has 0 radical (unpaired) electrons. The van der Waals surface area contributed by atoms with Gasteiger partial charge in [0.1, 0.15) is 17.1 Å². The molecule has 0 bridgehead atoms. The average Bonchev–Trinajstić information content (AvgIpc) is 2.74. The monoisotopic (exact) mass is 247 g/mol. The van der Waals surface area contributed by atoms with E-state index in [9.17, 15) is 4.79 Å². The van der Waals surface area contributed by atoms with E-state index in [2.05, 4.69) is 10.5 Å². The van der Waals surface area contributed by atoms with E-state index in [-0.39, 0.29) is 5.56 Å². The van der Waals surface area contributed by atoms with E-state index < -0.39 is 5.91 Å². The highest BCUT2D eigenvalue weighted by atomic mass is 16.5. The molecule has 1 amide bonds. The Hall–Kier alpha value is -2.50. The van der Waals surface area contributed by atoms with Gasteiger partial charge in [0.05, 0.1) is 7.11 Å². The first-order valence-electron chi connectivity index (χ1n) is 5.29. The second-order valence-electron chi connectivity index (χ2n) is 3.70. The number of carbonyl (C=O) groups excluding carboxylic acids is 1. The number of aromatic nitrogens is 1. The average molecular weight is 247 g/mol. The molecule has 1 heterocycles. The summed E-state index contributed by atoms with van der Waals surface area (Å²) in [6.45, 7) is 1.74. The Morgan fingerprint density at radius 2 is 2.28 bits per heavy atom. The molecule has 18 heavy (non-hydrogen) atoms. The number of ether oxygens (including phenoxy) is 1. The van der Waals surface area contributed by atoms with E-state index in [1.807, 2.05) is 0 Å². The van der Waals surface area contributed by atoms with Crippen molar-refractivity contribution in [2.45, 2.75) is 6.92 Å². The van der Waals surface area contributed by atoms with Crippen LogP contribution in [-0.4, -0.2) is 18.2 Å². The third kappa shape index (κ3) is 2.27. The Kier molecular flexibility index (Phi) is 3.18. The summed E-state index contributed by atoms with van der Waals surface area (Å²) in [5.74, 6) is 0.965. The van der Waals surface area contributed by atoms with Gasteiger partial charge in [0.25, 0.3) is 5.91 Å². The number of carbonyl (C=O) groups is 1. The quantitative estimate of drug-likeness (QED) is 0.807. The van der Waals surface area contributed by atoms with Crippen LogP contribution in [0.5, 0.6) is 5.75 Å². The van der Waals surface area contributed by atoms with Crippen LogP contribution in [0.15, 0.2) is 28.8 Å². The highest BCUT2D eigenvalue weighted by Crippen LogP contribution is 2.25. The first-order valence-corrected chi connectivity index (χ1v) is 5.29. The van der Waals surface area contributed by atoms with Crippen LogP contribution in [0, 0.1) is 6.92 Å². The van der Waals surface area contributed by atoms with Crippen molar-refractivity contribution >= 4 is 17.4 Å². The Balaban J connectivity index is 2.28. The van der Waals surface area contributed by atoms with Gasteiger partial charge in [-0.15, -0.1) is 0 Å². The molecule has 0 fully saturated rings. The number of amides is 1. The highest BCUT2D eigenvalue weighted by Gasteiger charge is 2.16. The molecule has 3 N–H and O–H groups in total. The van der Waals surface area contributed by atoms with Gasteiger partial charge in [-0.05, 0) is 19.1 Å². The molecule has 2 aromatic rings. The topological polar surface area (TPSA) is 90.4 Å². The van der Waals surface area contributed by atoms with Crippen molar-refractivity contribution in [1.29, 1.82) is 0 Å². The molecule has 6 nitrogen and oxygen atoms in total. The summed E-state index contributed by atoms with van der Waals surface area (Å²) < 4.78 is 9.97. The summed E-state index contributed by atoms with van der Waals surface area (Å²) in [4.78, 5) is 12.1. The molecule has 1 aromatic heterocycles. The van der Waals surface area contributed by atoms with E-state index >= 15 is 0 Å². The van der Waals surface area contributed by atoms with E-state index in [0.29, 0.717) is 23.0 Å². The smallest absolute Gasteiger partial charge is 0.262 e. The molecular formula is C12H13N3O3. The number of benzene rings is 1. The largest absolute Gasteiger partial charge is 0.496 e. The lowest BCUT2D eigenvalue weighted by Crippen LogP contribution is -2.15. The van der Waals surface area contributed by atoms with Gasteiger partial charge in [-0.2, -0.15) is 0 Å². The summed E-state index contributed by atoms with van der Waals surface area (Å²) in [6, 6.07) is 6.62. The van der Waals surface area contributed by atoms with Crippen LogP contribution in [0.4, 0.5) is 11.5 Å². The lowest BCUT2D eigenvalue weighted by molar-refractivity contribution is 0.102. The van der Waals surface area contributed by atoms with E-state index in [4.69, 9.17) is 15.0 Å². The number of hydrogen-bond donors (Lipinski definition) is 2. The van der Waals surface area contributed by atoms with Gasteiger partial charge in [0.15, 0.2) is 5.82 Å². The predicted octanol–water partition coefficient (Wildman–Crippen LogP) is 1.83. The van der Waals surface area contributed by atoms with Crippen LogP contribution in [0.3, 0.4) is 0 Å². The first-order chi connectivity index (χ1) is 8.61. The number of nitrogens with two attached hydrogens (primary N) is 1. The third-order valence-electron chi connectivity index (χ3n) is 2.37. The molecule has 6 heteroatoms. The van der Waals surface area contributed by atoms with Crippen molar-refractivity contribution in [3.8, 4) is 5.75 Å². The number of anilines is 2. The molecule has 0 aliphatic heterocycles. The molecule has 1 aromatic carbocycles. The fraction of sp³-hybridized carbons (Fsp3) is 0.167. The van der Waals surface area contributed by atoms with Gasteiger partial charge in [-0.25, -0.2) is 0 Å². The number of aryl methyl sites for hydroxylation is 1. The molecule has 0 spiro atoms. The van der Waals surface area contributed by atoms with Crippen molar-refractivity contribution in [2.75, 3.05) is 18.2 Å². The molecule has 0 aliphatic carbocycles. The van der Waals surface area contributed by atoms with Gasteiger partial charge in [0, 0.05) is 11.8 Å².